The van der Waals surface area contributed by atoms with Crippen LogP contribution in [-0.2, 0) is 11.3 Å². The van der Waals surface area contributed by atoms with Gasteiger partial charge in [-0.3, -0.25) is 4.79 Å². The number of ether oxygens (including phenoxy) is 1. The Morgan fingerprint density at radius 2 is 2.31 bits per heavy atom. The summed E-state index contributed by atoms with van der Waals surface area (Å²) in [7, 11) is 1.64. The SMILES string of the molecule is COc1ccc(CNC=O)c(C)c1. The molecule has 0 aliphatic carbocycles. The predicted octanol–water partition coefficient (Wildman–Crippen LogP) is 1.25. The first kappa shape index (κ1) is 9.58. The van der Waals surface area contributed by atoms with Crippen LogP contribution in [0.5, 0.6) is 5.75 Å². The quantitative estimate of drug-likeness (QED) is 0.706. The molecule has 0 radical (unpaired) electrons. The maximum Gasteiger partial charge on any atom is 0.207 e. The normalized spacial score (nSPS) is 9.38. The largest absolute Gasteiger partial charge is 0.497 e. The number of nitrogens with one attached hydrogen (secondary N) is 1. The van der Waals surface area contributed by atoms with Crippen LogP contribution in [0.3, 0.4) is 0 Å². The highest BCUT2D eigenvalue weighted by Gasteiger charge is 1.98. The topological polar surface area (TPSA) is 38.3 Å². The van der Waals surface area contributed by atoms with Gasteiger partial charge in [-0.1, -0.05) is 6.07 Å². The second kappa shape index (κ2) is 4.50. The van der Waals surface area contributed by atoms with E-state index in [1.54, 1.807) is 7.11 Å². The predicted molar refractivity (Wildman–Crippen MR) is 50.6 cm³/mol. The van der Waals surface area contributed by atoms with Crippen molar-refractivity contribution in [2.24, 2.45) is 0 Å². The summed E-state index contributed by atoms with van der Waals surface area (Å²) < 4.78 is 5.06. The fraction of sp³-hybridized carbons (Fsp3) is 0.300. The lowest BCUT2D eigenvalue weighted by Gasteiger charge is -2.06. The van der Waals surface area contributed by atoms with Crippen molar-refractivity contribution in [3.8, 4) is 5.75 Å². The van der Waals surface area contributed by atoms with Crippen LogP contribution in [0.15, 0.2) is 18.2 Å². The van der Waals surface area contributed by atoms with Gasteiger partial charge >= 0.3 is 0 Å². The zero-order chi connectivity index (χ0) is 9.68. The van der Waals surface area contributed by atoms with Crippen molar-refractivity contribution in [2.45, 2.75) is 13.5 Å². The first-order valence-electron chi connectivity index (χ1n) is 4.08. The van der Waals surface area contributed by atoms with Crippen molar-refractivity contribution in [1.82, 2.24) is 5.32 Å². The molecule has 0 saturated heterocycles. The van der Waals surface area contributed by atoms with Crippen molar-refractivity contribution in [3.05, 3.63) is 29.3 Å². The number of amides is 1. The molecule has 70 valence electrons. The van der Waals surface area contributed by atoms with Gasteiger partial charge in [0.2, 0.25) is 6.41 Å². The molecule has 0 aliphatic rings. The van der Waals surface area contributed by atoms with E-state index in [0.29, 0.717) is 13.0 Å². The van der Waals surface area contributed by atoms with Gasteiger partial charge in [0.05, 0.1) is 7.11 Å². The highest BCUT2D eigenvalue weighted by Crippen LogP contribution is 2.16. The van der Waals surface area contributed by atoms with Crippen LogP contribution < -0.4 is 10.1 Å². The van der Waals surface area contributed by atoms with Crippen LogP contribution in [-0.4, -0.2) is 13.5 Å². The zero-order valence-electron chi connectivity index (χ0n) is 7.83. The van der Waals surface area contributed by atoms with Crippen molar-refractivity contribution in [1.29, 1.82) is 0 Å². The van der Waals surface area contributed by atoms with E-state index in [0.717, 1.165) is 16.9 Å². The monoisotopic (exact) mass is 179 g/mol. The van der Waals surface area contributed by atoms with Crippen LogP contribution in [0.4, 0.5) is 0 Å². The third-order valence-corrected chi connectivity index (χ3v) is 1.93. The molecule has 0 spiro atoms. The van der Waals surface area contributed by atoms with Gasteiger partial charge in [-0.05, 0) is 30.2 Å². The molecule has 0 fully saturated rings. The fourth-order valence-corrected chi connectivity index (χ4v) is 1.15. The molecule has 0 atom stereocenters. The first-order chi connectivity index (χ1) is 6.27. The summed E-state index contributed by atoms with van der Waals surface area (Å²) in [5, 5.41) is 2.62. The number of methoxy groups -OCH3 is 1. The average Bonchev–Trinajstić information content (AvgIpc) is 2.16. The van der Waals surface area contributed by atoms with Gasteiger partial charge in [-0.2, -0.15) is 0 Å². The molecule has 3 nitrogen and oxygen atoms in total. The fourth-order valence-electron chi connectivity index (χ4n) is 1.15. The maximum atomic E-state index is 10.1. The second-order valence-corrected chi connectivity index (χ2v) is 2.79. The number of rotatable bonds is 4. The van der Waals surface area contributed by atoms with Crippen LogP contribution >= 0.6 is 0 Å². The maximum absolute atomic E-state index is 10.1. The van der Waals surface area contributed by atoms with Crippen LogP contribution in [0.2, 0.25) is 0 Å². The minimum atomic E-state index is 0.569. The molecule has 0 aromatic heterocycles. The van der Waals surface area contributed by atoms with Crippen LogP contribution in [0, 0.1) is 6.92 Å². The Bertz CT molecular complexity index is 297. The van der Waals surface area contributed by atoms with E-state index < -0.39 is 0 Å². The summed E-state index contributed by atoms with van der Waals surface area (Å²) in [6.45, 7) is 2.56. The van der Waals surface area contributed by atoms with Crippen LogP contribution in [0.1, 0.15) is 11.1 Å². The van der Waals surface area contributed by atoms with Gasteiger partial charge < -0.3 is 10.1 Å². The number of hydrogen-bond donors (Lipinski definition) is 1. The van der Waals surface area contributed by atoms with E-state index in [1.807, 2.05) is 25.1 Å². The Morgan fingerprint density at radius 3 is 2.85 bits per heavy atom. The van der Waals surface area contributed by atoms with E-state index in [-0.39, 0.29) is 0 Å². The summed E-state index contributed by atoms with van der Waals surface area (Å²) >= 11 is 0. The second-order valence-electron chi connectivity index (χ2n) is 2.79. The van der Waals surface area contributed by atoms with Crippen molar-refractivity contribution in [2.75, 3.05) is 7.11 Å². The highest BCUT2D eigenvalue weighted by atomic mass is 16.5. The van der Waals surface area contributed by atoms with Gasteiger partial charge in [0, 0.05) is 6.54 Å². The molecule has 3 heteroatoms. The summed E-state index contributed by atoms with van der Waals surface area (Å²) in [5.41, 5.74) is 2.22. The summed E-state index contributed by atoms with van der Waals surface area (Å²) in [4.78, 5) is 10.1. The lowest BCUT2D eigenvalue weighted by Crippen LogP contribution is -2.10. The molecule has 0 heterocycles. The Balaban J connectivity index is 2.78. The summed E-state index contributed by atoms with van der Waals surface area (Å²) in [5.74, 6) is 0.840. The van der Waals surface area contributed by atoms with E-state index >= 15 is 0 Å². The number of benzene rings is 1. The molecule has 1 amide bonds. The number of aryl methyl sites for hydroxylation is 1. The average molecular weight is 179 g/mol. The lowest BCUT2D eigenvalue weighted by atomic mass is 10.1. The summed E-state index contributed by atoms with van der Waals surface area (Å²) in [6, 6.07) is 5.78. The summed E-state index contributed by atoms with van der Waals surface area (Å²) in [6.07, 6.45) is 0.698. The molecular weight excluding hydrogens is 166 g/mol. The minimum Gasteiger partial charge on any atom is -0.497 e. The standard InChI is InChI=1S/C10H13NO2/c1-8-5-10(13-2)4-3-9(8)6-11-7-12/h3-5,7H,6H2,1-2H3,(H,11,12). The van der Waals surface area contributed by atoms with E-state index in [9.17, 15) is 4.79 Å². The van der Waals surface area contributed by atoms with Crippen molar-refractivity contribution >= 4 is 6.41 Å². The number of carbonyl (C=O) groups excluding carboxylic acids is 1. The van der Waals surface area contributed by atoms with Crippen LogP contribution in [0.25, 0.3) is 0 Å². The van der Waals surface area contributed by atoms with Crippen molar-refractivity contribution in [3.63, 3.8) is 0 Å². The van der Waals surface area contributed by atoms with Gasteiger partial charge in [0.25, 0.3) is 0 Å². The molecule has 0 bridgehead atoms. The Morgan fingerprint density at radius 1 is 1.54 bits per heavy atom. The molecule has 1 rings (SSSR count). The molecule has 13 heavy (non-hydrogen) atoms. The van der Waals surface area contributed by atoms with Gasteiger partial charge in [0.15, 0.2) is 0 Å². The molecule has 1 aromatic rings. The van der Waals surface area contributed by atoms with E-state index in [4.69, 9.17) is 4.74 Å². The lowest BCUT2D eigenvalue weighted by molar-refractivity contribution is -0.109. The molecular formula is C10H13NO2. The third kappa shape index (κ3) is 2.47. The molecule has 1 aromatic carbocycles. The van der Waals surface area contributed by atoms with E-state index in [1.165, 1.54) is 0 Å². The Labute approximate surface area is 77.7 Å². The minimum absolute atomic E-state index is 0.569. The molecule has 0 aliphatic heterocycles. The first-order valence-corrected chi connectivity index (χ1v) is 4.08. The number of hydrogen-bond acceptors (Lipinski definition) is 2. The van der Waals surface area contributed by atoms with Crippen molar-refractivity contribution < 1.29 is 9.53 Å². The molecule has 0 saturated carbocycles. The Kier molecular flexibility index (Phi) is 3.31. The van der Waals surface area contributed by atoms with Gasteiger partial charge in [-0.25, -0.2) is 0 Å². The Hall–Kier alpha value is -1.51. The third-order valence-electron chi connectivity index (χ3n) is 1.93. The zero-order valence-corrected chi connectivity index (χ0v) is 7.83. The van der Waals surface area contributed by atoms with Gasteiger partial charge in [-0.15, -0.1) is 0 Å². The molecule has 0 unspecified atom stereocenters. The van der Waals surface area contributed by atoms with Gasteiger partial charge in [0.1, 0.15) is 5.75 Å². The number of carbonyl (C=O) groups is 1. The van der Waals surface area contributed by atoms with E-state index in [2.05, 4.69) is 5.32 Å². The smallest absolute Gasteiger partial charge is 0.207 e. The highest BCUT2D eigenvalue weighted by molar-refractivity contribution is 5.47. The molecule has 1 N–H and O–H groups in total.